The summed E-state index contributed by atoms with van der Waals surface area (Å²) in [4.78, 5) is 0. The van der Waals surface area contributed by atoms with Crippen LogP contribution < -0.4 is 4.57 Å². The van der Waals surface area contributed by atoms with Crippen LogP contribution in [0.3, 0.4) is 0 Å². The molecule has 1 aliphatic heterocycles. The molecule has 2 atom stereocenters. The molecule has 0 bridgehead atoms. The maximum Gasteiger partial charge on any atom is 0.213 e. The first-order valence-corrected chi connectivity index (χ1v) is 9.78. The Morgan fingerprint density at radius 2 is 1.75 bits per heavy atom. The Kier molecular flexibility index (Phi) is 4.80. The first-order chi connectivity index (χ1) is 11.6. The van der Waals surface area contributed by atoms with Gasteiger partial charge in [0.2, 0.25) is 5.69 Å². The van der Waals surface area contributed by atoms with Crippen molar-refractivity contribution in [2.24, 2.45) is 0 Å². The SMILES string of the molecule is CCC(C)c1cc[n+]2c(c1)-c1ccccc1C(CC)C2(CC)CC. The van der Waals surface area contributed by atoms with Crippen molar-refractivity contribution in [3.63, 3.8) is 0 Å². The van der Waals surface area contributed by atoms with E-state index in [-0.39, 0.29) is 5.54 Å². The summed E-state index contributed by atoms with van der Waals surface area (Å²) in [7, 11) is 0. The van der Waals surface area contributed by atoms with E-state index in [4.69, 9.17) is 0 Å². The molecule has 3 rings (SSSR count). The van der Waals surface area contributed by atoms with E-state index in [0.717, 1.165) is 0 Å². The number of aromatic nitrogens is 1. The Balaban J connectivity index is 2.30. The van der Waals surface area contributed by atoms with E-state index in [1.807, 2.05) is 0 Å². The zero-order valence-electron chi connectivity index (χ0n) is 16.0. The average Bonchev–Trinajstić information content (AvgIpc) is 2.65. The highest BCUT2D eigenvalue weighted by Gasteiger charge is 2.50. The van der Waals surface area contributed by atoms with Gasteiger partial charge in [0.15, 0.2) is 11.7 Å². The molecular formula is C23H32N+. The van der Waals surface area contributed by atoms with Gasteiger partial charge in [-0.2, -0.15) is 4.57 Å². The molecule has 0 N–H and O–H groups in total. The Labute approximate surface area is 147 Å². The van der Waals surface area contributed by atoms with Crippen LogP contribution in [0.2, 0.25) is 0 Å². The Hall–Kier alpha value is -1.63. The van der Waals surface area contributed by atoms with E-state index in [0.29, 0.717) is 11.8 Å². The van der Waals surface area contributed by atoms with Crippen molar-refractivity contribution in [2.75, 3.05) is 0 Å². The largest absolute Gasteiger partial charge is 0.213 e. The van der Waals surface area contributed by atoms with Gasteiger partial charge >= 0.3 is 0 Å². The summed E-state index contributed by atoms with van der Waals surface area (Å²) >= 11 is 0. The summed E-state index contributed by atoms with van der Waals surface area (Å²) in [6.07, 6.45) is 7.11. The van der Waals surface area contributed by atoms with Gasteiger partial charge < -0.3 is 0 Å². The highest BCUT2D eigenvalue weighted by Crippen LogP contribution is 2.46. The molecule has 1 aromatic carbocycles. The number of fused-ring (bicyclic) bond motifs is 3. The fourth-order valence-corrected chi connectivity index (χ4v) is 4.83. The molecule has 0 aliphatic carbocycles. The third kappa shape index (κ3) is 2.41. The summed E-state index contributed by atoms with van der Waals surface area (Å²) in [5, 5.41) is 0. The van der Waals surface area contributed by atoms with Crippen LogP contribution in [0.4, 0.5) is 0 Å². The molecule has 24 heavy (non-hydrogen) atoms. The highest BCUT2D eigenvalue weighted by molar-refractivity contribution is 5.64. The first kappa shape index (κ1) is 17.2. The maximum atomic E-state index is 2.61. The van der Waals surface area contributed by atoms with E-state index < -0.39 is 0 Å². The number of hydrogen-bond donors (Lipinski definition) is 0. The topological polar surface area (TPSA) is 3.88 Å². The lowest BCUT2D eigenvalue weighted by Gasteiger charge is -2.40. The van der Waals surface area contributed by atoms with Crippen LogP contribution >= 0.6 is 0 Å². The zero-order chi connectivity index (χ0) is 17.3. The fourth-order valence-electron chi connectivity index (χ4n) is 4.83. The van der Waals surface area contributed by atoms with E-state index in [1.165, 1.54) is 42.5 Å². The molecule has 0 saturated heterocycles. The molecule has 128 valence electrons. The average molecular weight is 323 g/mol. The molecule has 1 aliphatic rings. The van der Waals surface area contributed by atoms with E-state index in [2.05, 4.69) is 81.8 Å². The van der Waals surface area contributed by atoms with Crippen molar-refractivity contribution in [2.45, 2.75) is 77.7 Å². The second-order valence-electron chi connectivity index (χ2n) is 7.38. The predicted molar refractivity (Wildman–Crippen MR) is 102 cm³/mol. The molecule has 0 spiro atoms. The van der Waals surface area contributed by atoms with Gasteiger partial charge in [0.05, 0.1) is 0 Å². The minimum Gasteiger partial charge on any atom is -0.192 e. The summed E-state index contributed by atoms with van der Waals surface area (Å²) in [5.41, 5.74) is 6.07. The van der Waals surface area contributed by atoms with Crippen LogP contribution in [0.15, 0.2) is 42.6 Å². The molecule has 0 amide bonds. The fraction of sp³-hybridized carbons (Fsp3) is 0.522. The smallest absolute Gasteiger partial charge is 0.192 e. The van der Waals surface area contributed by atoms with Gasteiger partial charge in [-0.05, 0) is 36.0 Å². The third-order valence-corrected chi connectivity index (χ3v) is 6.53. The van der Waals surface area contributed by atoms with Crippen molar-refractivity contribution < 1.29 is 4.57 Å². The van der Waals surface area contributed by atoms with Crippen molar-refractivity contribution in [1.29, 1.82) is 0 Å². The van der Waals surface area contributed by atoms with Crippen LogP contribution in [-0.4, -0.2) is 0 Å². The van der Waals surface area contributed by atoms with Gasteiger partial charge in [-0.1, -0.05) is 52.8 Å². The van der Waals surface area contributed by atoms with Crippen LogP contribution in [0.25, 0.3) is 11.3 Å². The van der Waals surface area contributed by atoms with Crippen LogP contribution in [-0.2, 0) is 5.54 Å². The van der Waals surface area contributed by atoms with Crippen molar-refractivity contribution in [3.05, 3.63) is 53.7 Å². The van der Waals surface area contributed by atoms with Crippen molar-refractivity contribution in [3.8, 4) is 11.3 Å². The highest BCUT2D eigenvalue weighted by atomic mass is 15.1. The Morgan fingerprint density at radius 1 is 1.04 bits per heavy atom. The molecule has 2 aromatic rings. The molecule has 2 heterocycles. The minimum atomic E-state index is 0.201. The van der Waals surface area contributed by atoms with Crippen molar-refractivity contribution >= 4 is 0 Å². The third-order valence-electron chi connectivity index (χ3n) is 6.53. The second-order valence-corrected chi connectivity index (χ2v) is 7.38. The van der Waals surface area contributed by atoms with Gasteiger partial charge in [-0.15, -0.1) is 0 Å². The molecule has 0 saturated carbocycles. The lowest BCUT2D eigenvalue weighted by molar-refractivity contribution is -0.762. The van der Waals surface area contributed by atoms with Gasteiger partial charge in [0, 0.05) is 36.5 Å². The van der Waals surface area contributed by atoms with Crippen LogP contribution in [0, 0.1) is 0 Å². The summed E-state index contributed by atoms with van der Waals surface area (Å²) in [6, 6.07) is 13.9. The molecule has 1 heteroatoms. The summed E-state index contributed by atoms with van der Waals surface area (Å²) < 4.78 is 2.61. The second kappa shape index (κ2) is 6.70. The van der Waals surface area contributed by atoms with Gasteiger partial charge in [-0.25, -0.2) is 0 Å². The zero-order valence-corrected chi connectivity index (χ0v) is 16.0. The molecule has 2 unspecified atom stereocenters. The summed E-state index contributed by atoms with van der Waals surface area (Å²) in [5.74, 6) is 1.21. The van der Waals surface area contributed by atoms with Crippen LogP contribution in [0.5, 0.6) is 0 Å². The number of hydrogen-bond acceptors (Lipinski definition) is 0. The van der Waals surface area contributed by atoms with Gasteiger partial charge in [-0.3, -0.25) is 0 Å². The van der Waals surface area contributed by atoms with Crippen LogP contribution in [0.1, 0.15) is 83.3 Å². The van der Waals surface area contributed by atoms with E-state index >= 15 is 0 Å². The molecule has 0 fully saturated rings. The normalized spacial score (nSPS) is 19.5. The number of pyridine rings is 1. The first-order valence-electron chi connectivity index (χ1n) is 9.78. The monoisotopic (exact) mass is 322 g/mol. The standard InChI is InChI=1S/C23H32N/c1-6-17(5)18-14-15-24-22(16-18)20-13-11-10-12-19(20)21(7-2)23(24,8-3)9-4/h10-17,21H,6-9H2,1-5H3/q+1. The van der Waals surface area contributed by atoms with Crippen molar-refractivity contribution in [1.82, 2.24) is 0 Å². The molecular weight excluding hydrogens is 290 g/mol. The lowest BCUT2D eigenvalue weighted by Crippen LogP contribution is -2.62. The maximum absolute atomic E-state index is 2.61. The molecule has 1 nitrogen and oxygen atoms in total. The van der Waals surface area contributed by atoms with Gasteiger partial charge in [0.1, 0.15) is 0 Å². The number of benzene rings is 1. The molecule has 1 aromatic heterocycles. The predicted octanol–water partition coefficient (Wildman–Crippen LogP) is 6.18. The number of rotatable bonds is 5. The molecule has 0 radical (unpaired) electrons. The summed E-state index contributed by atoms with van der Waals surface area (Å²) in [6.45, 7) is 11.7. The van der Waals surface area contributed by atoms with Gasteiger partial charge in [0.25, 0.3) is 0 Å². The minimum absolute atomic E-state index is 0.201. The lowest BCUT2D eigenvalue weighted by atomic mass is 9.69. The van der Waals surface area contributed by atoms with E-state index in [1.54, 1.807) is 5.56 Å². The number of nitrogens with zero attached hydrogens (tertiary/aromatic N) is 1. The van der Waals surface area contributed by atoms with E-state index in [9.17, 15) is 0 Å². The Morgan fingerprint density at radius 3 is 2.38 bits per heavy atom. The quantitative estimate of drug-likeness (QED) is 0.579. The Bertz CT molecular complexity index is 712.